The molecule has 0 spiro atoms. The van der Waals surface area contributed by atoms with Gasteiger partial charge in [-0.15, -0.1) is 0 Å². The minimum absolute atomic E-state index is 0.575. The summed E-state index contributed by atoms with van der Waals surface area (Å²) in [7, 11) is 0. The summed E-state index contributed by atoms with van der Waals surface area (Å²) in [6.07, 6.45) is 10.2. The van der Waals surface area contributed by atoms with E-state index in [2.05, 4.69) is 39.8 Å². The van der Waals surface area contributed by atoms with Gasteiger partial charge in [0.15, 0.2) is 0 Å². The fourth-order valence-corrected chi connectivity index (χ4v) is 3.09. The van der Waals surface area contributed by atoms with Gasteiger partial charge in [0.25, 0.3) is 0 Å². The summed E-state index contributed by atoms with van der Waals surface area (Å²) in [4.78, 5) is 0. The van der Waals surface area contributed by atoms with Crippen LogP contribution in [0.25, 0.3) is 0 Å². The van der Waals surface area contributed by atoms with Gasteiger partial charge in [-0.2, -0.15) is 0 Å². The standard InChI is InChI=1S/C15H24/c1-11-6-5-7-12(2)10-14-13(9-8-11)15(14,3)4/h6,10,13-14H,5,7-9H2,1-4H3/b11-6+,12-10-/t13-,14-/m0/s1. The highest BCUT2D eigenvalue weighted by Gasteiger charge is 2.55. The van der Waals surface area contributed by atoms with E-state index >= 15 is 0 Å². The van der Waals surface area contributed by atoms with Crippen molar-refractivity contribution in [1.29, 1.82) is 0 Å². The monoisotopic (exact) mass is 204 g/mol. The molecule has 0 N–H and O–H groups in total. The Morgan fingerprint density at radius 2 is 1.87 bits per heavy atom. The molecule has 0 bridgehead atoms. The molecule has 1 fully saturated rings. The molecule has 15 heavy (non-hydrogen) atoms. The minimum atomic E-state index is 0.575. The van der Waals surface area contributed by atoms with Crippen molar-refractivity contribution in [2.24, 2.45) is 17.3 Å². The van der Waals surface area contributed by atoms with Gasteiger partial charge in [0.05, 0.1) is 0 Å². The quantitative estimate of drug-likeness (QED) is 0.501. The van der Waals surface area contributed by atoms with E-state index in [0.29, 0.717) is 5.41 Å². The third-order valence-corrected chi connectivity index (χ3v) is 4.48. The van der Waals surface area contributed by atoms with Gasteiger partial charge in [0, 0.05) is 0 Å². The average Bonchev–Trinajstić information content (AvgIpc) is 2.65. The lowest BCUT2D eigenvalue weighted by Crippen LogP contribution is -1.90. The summed E-state index contributed by atoms with van der Waals surface area (Å²) < 4.78 is 0. The predicted octanol–water partition coefficient (Wildman–Crippen LogP) is 4.73. The molecular formula is C15H24. The Morgan fingerprint density at radius 1 is 1.13 bits per heavy atom. The largest absolute Gasteiger partial charge is 0.0853 e. The Hall–Kier alpha value is -0.520. The van der Waals surface area contributed by atoms with Gasteiger partial charge in [-0.25, -0.2) is 0 Å². The first-order chi connectivity index (χ1) is 7.01. The Kier molecular flexibility index (Phi) is 2.79. The highest BCUT2D eigenvalue weighted by Crippen LogP contribution is 2.61. The third kappa shape index (κ3) is 2.19. The van der Waals surface area contributed by atoms with Crippen molar-refractivity contribution in [1.82, 2.24) is 0 Å². The van der Waals surface area contributed by atoms with Crippen molar-refractivity contribution >= 4 is 0 Å². The van der Waals surface area contributed by atoms with Crippen LogP contribution in [0.4, 0.5) is 0 Å². The smallest absolute Gasteiger partial charge is 0.0143 e. The van der Waals surface area contributed by atoms with Crippen LogP contribution in [0.1, 0.15) is 53.4 Å². The van der Waals surface area contributed by atoms with E-state index in [-0.39, 0.29) is 0 Å². The molecule has 2 aliphatic rings. The first-order valence-electron chi connectivity index (χ1n) is 6.34. The number of fused-ring (bicyclic) bond motifs is 1. The average molecular weight is 204 g/mol. The maximum atomic E-state index is 2.55. The normalized spacial score (nSPS) is 41.9. The van der Waals surface area contributed by atoms with E-state index in [1.807, 2.05) is 0 Å². The lowest BCUT2D eigenvalue weighted by molar-refractivity contribution is 0.528. The van der Waals surface area contributed by atoms with E-state index in [0.717, 1.165) is 11.8 Å². The highest BCUT2D eigenvalue weighted by molar-refractivity contribution is 5.19. The Morgan fingerprint density at radius 3 is 2.60 bits per heavy atom. The molecule has 0 heterocycles. The molecule has 0 aliphatic heterocycles. The number of hydrogen-bond donors (Lipinski definition) is 0. The van der Waals surface area contributed by atoms with Crippen LogP contribution in [0, 0.1) is 17.3 Å². The van der Waals surface area contributed by atoms with E-state index in [1.54, 1.807) is 11.1 Å². The molecule has 1 saturated carbocycles. The maximum Gasteiger partial charge on any atom is -0.0143 e. The summed E-state index contributed by atoms with van der Waals surface area (Å²) in [6, 6.07) is 0. The molecule has 2 rings (SSSR count). The van der Waals surface area contributed by atoms with E-state index < -0.39 is 0 Å². The molecule has 0 aromatic rings. The fourth-order valence-electron chi connectivity index (χ4n) is 3.09. The van der Waals surface area contributed by atoms with Crippen LogP contribution in [-0.4, -0.2) is 0 Å². The summed E-state index contributed by atoms with van der Waals surface area (Å²) in [5.74, 6) is 1.80. The second kappa shape index (κ2) is 3.81. The second-order valence-electron chi connectivity index (χ2n) is 6.09. The summed E-state index contributed by atoms with van der Waals surface area (Å²) in [5, 5.41) is 0. The van der Waals surface area contributed by atoms with Crippen LogP contribution in [-0.2, 0) is 0 Å². The van der Waals surface area contributed by atoms with Crippen molar-refractivity contribution in [2.75, 3.05) is 0 Å². The first kappa shape index (κ1) is 11.0. The molecule has 0 saturated heterocycles. The van der Waals surface area contributed by atoms with Crippen LogP contribution in [0.3, 0.4) is 0 Å². The van der Waals surface area contributed by atoms with Gasteiger partial charge in [0.1, 0.15) is 0 Å². The van der Waals surface area contributed by atoms with Gasteiger partial charge >= 0.3 is 0 Å². The summed E-state index contributed by atoms with van der Waals surface area (Å²) in [5.41, 5.74) is 3.78. The number of rotatable bonds is 0. The molecule has 0 unspecified atom stereocenters. The SMILES string of the molecule is C/C1=C/[C@H]2[C@H](CC/C(C)=C/CC1)C2(C)C. The van der Waals surface area contributed by atoms with Gasteiger partial charge in [-0.05, 0) is 56.8 Å². The topological polar surface area (TPSA) is 0 Å². The minimum Gasteiger partial charge on any atom is -0.0853 e. The molecule has 0 radical (unpaired) electrons. The Balaban J connectivity index is 2.13. The van der Waals surface area contributed by atoms with E-state index in [4.69, 9.17) is 0 Å². The van der Waals surface area contributed by atoms with Crippen molar-refractivity contribution < 1.29 is 0 Å². The molecule has 0 aromatic carbocycles. The van der Waals surface area contributed by atoms with Crippen molar-refractivity contribution in [3.05, 3.63) is 23.3 Å². The molecule has 0 heteroatoms. The Bertz CT molecular complexity index is 304. The molecule has 84 valence electrons. The maximum absolute atomic E-state index is 2.55. The van der Waals surface area contributed by atoms with Crippen LogP contribution in [0.2, 0.25) is 0 Å². The van der Waals surface area contributed by atoms with Crippen molar-refractivity contribution in [3.8, 4) is 0 Å². The van der Waals surface area contributed by atoms with Gasteiger partial charge in [-0.1, -0.05) is 37.1 Å². The fraction of sp³-hybridized carbons (Fsp3) is 0.733. The van der Waals surface area contributed by atoms with E-state index in [1.165, 1.54) is 25.7 Å². The van der Waals surface area contributed by atoms with E-state index in [9.17, 15) is 0 Å². The summed E-state index contributed by atoms with van der Waals surface area (Å²) >= 11 is 0. The highest BCUT2D eigenvalue weighted by atomic mass is 14.6. The Labute approximate surface area is 94.5 Å². The first-order valence-corrected chi connectivity index (χ1v) is 6.34. The van der Waals surface area contributed by atoms with Crippen LogP contribution in [0.5, 0.6) is 0 Å². The van der Waals surface area contributed by atoms with Gasteiger partial charge in [0.2, 0.25) is 0 Å². The lowest BCUT2D eigenvalue weighted by Gasteiger charge is -2.05. The zero-order chi connectivity index (χ0) is 11.1. The van der Waals surface area contributed by atoms with Gasteiger partial charge in [-0.3, -0.25) is 0 Å². The lowest BCUT2D eigenvalue weighted by atomic mass is 10.0. The van der Waals surface area contributed by atoms with Crippen LogP contribution >= 0.6 is 0 Å². The second-order valence-corrected chi connectivity index (χ2v) is 6.09. The number of allylic oxidation sites excluding steroid dienone is 4. The van der Waals surface area contributed by atoms with Crippen LogP contribution in [0.15, 0.2) is 23.3 Å². The van der Waals surface area contributed by atoms with Gasteiger partial charge < -0.3 is 0 Å². The molecule has 2 aliphatic carbocycles. The zero-order valence-corrected chi connectivity index (χ0v) is 10.6. The molecular weight excluding hydrogens is 180 g/mol. The summed E-state index contributed by atoms with van der Waals surface area (Å²) in [6.45, 7) is 9.47. The predicted molar refractivity (Wildman–Crippen MR) is 66.7 cm³/mol. The zero-order valence-electron chi connectivity index (χ0n) is 10.6. The number of hydrogen-bond acceptors (Lipinski definition) is 0. The molecule has 2 atom stereocenters. The molecule has 0 aromatic heterocycles. The van der Waals surface area contributed by atoms with Crippen molar-refractivity contribution in [2.45, 2.75) is 53.4 Å². The third-order valence-electron chi connectivity index (χ3n) is 4.48. The molecule has 0 nitrogen and oxygen atoms in total. The molecule has 0 amide bonds. The van der Waals surface area contributed by atoms with Crippen molar-refractivity contribution in [3.63, 3.8) is 0 Å². The van der Waals surface area contributed by atoms with Crippen LogP contribution < -0.4 is 0 Å².